The molecule has 36 heavy (non-hydrogen) atoms. The zero-order chi connectivity index (χ0) is 26.5. The van der Waals surface area contributed by atoms with Crippen LogP contribution in [0.4, 0.5) is 23.7 Å². The molecule has 2 heterocycles. The number of carbonyl (C=O) groups is 2. The zero-order valence-corrected chi connectivity index (χ0v) is 19.8. The first-order valence-electron chi connectivity index (χ1n) is 10.5. The number of imide groups is 1. The van der Waals surface area contributed by atoms with Crippen LogP contribution in [0.25, 0.3) is 0 Å². The minimum atomic E-state index is -5.60. The molecule has 8 nitrogen and oxygen atoms in total. The predicted molar refractivity (Wildman–Crippen MR) is 123 cm³/mol. The van der Waals surface area contributed by atoms with Crippen molar-refractivity contribution in [1.82, 2.24) is 9.88 Å². The van der Waals surface area contributed by atoms with Gasteiger partial charge in [0, 0.05) is 12.4 Å². The number of alkyl halides is 3. The van der Waals surface area contributed by atoms with E-state index in [4.69, 9.17) is 0 Å². The molecule has 2 aromatic carbocycles. The Morgan fingerprint density at radius 2 is 1.56 bits per heavy atom. The second-order valence-corrected chi connectivity index (χ2v) is 10.5. The fourth-order valence-electron chi connectivity index (χ4n) is 4.11. The van der Waals surface area contributed by atoms with Crippen LogP contribution in [0.5, 0.6) is 5.75 Å². The Kier molecular flexibility index (Phi) is 6.03. The van der Waals surface area contributed by atoms with E-state index in [1.54, 1.807) is 24.3 Å². The number of nitrogens with zero attached hydrogens (tertiary/aromatic N) is 3. The summed E-state index contributed by atoms with van der Waals surface area (Å²) in [6, 6.07) is 11.2. The van der Waals surface area contributed by atoms with Crippen LogP contribution in [0.15, 0.2) is 78.0 Å². The number of phenols is 1. The predicted octanol–water partition coefficient (Wildman–Crippen LogP) is 4.42. The van der Waals surface area contributed by atoms with Gasteiger partial charge in [0.1, 0.15) is 11.3 Å². The lowest BCUT2D eigenvalue weighted by atomic mass is 9.93. The maximum absolute atomic E-state index is 13.7. The molecule has 0 aliphatic carbocycles. The summed E-state index contributed by atoms with van der Waals surface area (Å²) in [6.07, 6.45) is 3.02. The Bertz CT molecular complexity index is 1430. The maximum atomic E-state index is 13.7. The second kappa shape index (κ2) is 8.63. The van der Waals surface area contributed by atoms with Crippen molar-refractivity contribution < 1.29 is 36.3 Å². The number of halogens is 3. The summed E-state index contributed by atoms with van der Waals surface area (Å²) in [7, 11) is -5.60. The van der Waals surface area contributed by atoms with E-state index in [9.17, 15) is 36.3 Å². The number of urea groups is 1. The molecule has 1 atom stereocenters. The first-order chi connectivity index (χ1) is 16.8. The van der Waals surface area contributed by atoms with Gasteiger partial charge < -0.3 is 5.11 Å². The number of rotatable bonds is 5. The fraction of sp³-hybridized carbons (Fsp3) is 0.208. The molecule has 1 saturated heterocycles. The van der Waals surface area contributed by atoms with Crippen LogP contribution in [-0.4, -0.2) is 46.4 Å². The Morgan fingerprint density at radius 1 is 0.944 bits per heavy atom. The molecule has 3 amide bonds. The molecule has 1 aliphatic heterocycles. The molecule has 1 aliphatic rings. The van der Waals surface area contributed by atoms with Crippen LogP contribution >= 0.6 is 0 Å². The molecule has 3 aromatic rings. The van der Waals surface area contributed by atoms with Crippen molar-refractivity contribution in [2.45, 2.75) is 35.8 Å². The van der Waals surface area contributed by atoms with Crippen LogP contribution in [0.1, 0.15) is 31.0 Å². The van der Waals surface area contributed by atoms with Crippen LogP contribution in [0, 0.1) is 0 Å². The minimum absolute atomic E-state index is 0.0550. The van der Waals surface area contributed by atoms with Crippen molar-refractivity contribution in [1.29, 1.82) is 0 Å². The molecule has 1 aromatic heterocycles. The molecule has 1 unspecified atom stereocenters. The lowest BCUT2D eigenvalue weighted by Gasteiger charge is -2.36. The van der Waals surface area contributed by atoms with Gasteiger partial charge in [-0.2, -0.15) is 13.2 Å². The van der Waals surface area contributed by atoms with E-state index in [0.717, 1.165) is 17.0 Å². The standard InChI is InChI=1S/C24H20F3N3O5S/c1-23(2)21(32)29(17-6-8-19(9-7-17)36(34,35)24(25,26)27)22(33)30(23)20(15-10-12-28-13-11-15)16-4-3-5-18(31)14-16/h3-14,20,31H,1-2H3. The quantitative estimate of drug-likeness (QED) is 0.500. The highest BCUT2D eigenvalue weighted by Crippen LogP contribution is 2.42. The number of benzene rings is 2. The van der Waals surface area contributed by atoms with Gasteiger partial charge in [-0.05, 0) is 73.5 Å². The highest BCUT2D eigenvalue weighted by molar-refractivity contribution is 7.92. The smallest absolute Gasteiger partial charge is 0.501 e. The molecule has 12 heteroatoms. The number of hydrogen-bond acceptors (Lipinski definition) is 6. The van der Waals surface area contributed by atoms with Crippen LogP contribution in [0.3, 0.4) is 0 Å². The van der Waals surface area contributed by atoms with Crippen molar-refractivity contribution >= 4 is 27.5 Å². The molecule has 0 spiro atoms. The molecule has 4 rings (SSSR count). The number of phenolic OH excluding ortho intramolecular Hbond substituents is 1. The Labute approximate surface area is 204 Å². The second-order valence-electron chi connectivity index (χ2n) is 8.57. The van der Waals surface area contributed by atoms with Crippen LogP contribution in [0.2, 0.25) is 0 Å². The van der Waals surface area contributed by atoms with E-state index in [2.05, 4.69) is 4.98 Å². The monoisotopic (exact) mass is 519 g/mol. The van der Waals surface area contributed by atoms with E-state index in [1.807, 2.05) is 0 Å². The first kappa shape index (κ1) is 25.2. The van der Waals surface area contributed by atoms with Gasteiger partial charge in [-0.25, -0.2) is 18.1 Å². The SMILES string of the molecule is CC1(C)C(=O)N(c2ccc(S(=O)(=O)C(F)(F)F)cc2)C(=O)N1C(c1ccncc1)c1cccc(O)c1. The molecule has 0 radical (unpaired) electrons. The van der Waals surface area contributed by atoms with E-state index in [-0.39, 0.29) is 11.4 Å². The Hall–Kier alpha value is -3.93. The van der Waals surface area contributed by atoms with E-state index in [0.29, 0.717) is 23.3 Å². The van der Waals surface area contributed by atoms with Gasteiger partial charge in [-0.1, -0.05) is 12.1 Å². The maximum Gasteiger partial charge on any atom is 0.501 e. The van der Waals surface area contributed by atoms with Gasteiger partial charge in [0.2, 0.25) is 0 Å². The summed E-state index contributed by atoms with van der Waals surface area (Å²) < 4.78 is 62.1. The normalized spacial score (nSPS) is 16.9. The third-order valence-corrected chi connectivity index (χ3v) is 7.40. The Balaban J connectivity index is 1.80. The van der Waals surface area contributed by atoms with Crippen molar-refractivity contribution in [3.8, 4) is 5.75 Å². The molecular formula is C24H20F3N3O5S. The van der Waals surface area contributed by atoms with Gasteiger partial charge in [0.25, 0.3) is 15.7 Å². The third-order valence-electron chi connectivity index (χ3n) is 5.90. The van der Waals surface area contributed by atoms with Crippen molar-refractivity contribution in [2.75, 3.05) is 4.90 Å². The van der Waals surface area contributed by atoms with Gasteiger partial charge in [0.05, 0.1) is 16.6 Å². The number of sulfone groups is 1. The summed E-state index contributed by atoms with van der Waals surface area (Å²) in [5.74, 6) is -0.723. The third kappa shape index (κ3) is 4.06. The molecule has 1 fully saturated rings. The minimum Gasteiger partial charge on any atom is -0.508 e. The summed E-state index contributed by atoms with van der Waals surface area (Å²) >= 11 is 0. The largest absolute Gasteiger partial charge is 0.508 e. The van der Waals surface area contributed by atoms with Crippen molar-refractivity contribution in [2.24, 2.45) is 0 Å². The molecule has 1 N–H and O–H groups in total. The van der Waals surface area contributed by atoms with Crippen LogP contribution < -0.4 is 4.90 Å². The summed E-state index contributed by atoms with van der Waals surface area (Å²) in [5.41, 5.74) is -5.91. The number of pyridine rings is 1. The zero-order valence-electron chi connectivity index (χ0n) is 19.0. The highest BCUT2D eigenvalue weighted by atomic mass is 32.2. The number of aromatic hydroxyl groups is 1. The first-order valence-corrected chi connectivity index (χ1v) is 12.0. The lowest BCUT2D eigenvalue weighted by molar-refractivity contribution is -0.123. The summed E-state index contributed by atoms with van der Waals surface area (Å²) in [6.45, 7) is 3.04. The van der Waals surface area contributed by atoms with E-state index < -0.39 is 43.8 Å². The van der Waals surface area contributed by atoms with Gasteiger partial charge in [-0.3, -0.25) is 14.7 Å². The average molecular weight is 520 g/mol. The number of carbonyl (C=O) groups excluding carboxylic acids is 2. The highest BCUT2D eigenvalue weighted by Gasteiger charge is 2.55. The lowest BCUT2D eigenvalue weighted by Crippen LogP contribution is -2.46. The topological polar surface area (TPSA) is 108 Å². The van der Waals surface area contributed by atoms with Crippen molar-refractivity contribution in [3.63, 3.8) is 0 Å². The van der Waals surface area contributed by atoms with E-state index >= 15 is 0 Å². The summed E-state index contributed by atoms with van der Waals surface area (Å²) in [4.78, 5) is 32.2. The number of amides is 3. The van der Waals surface area contributed by atoms with E-state index in [1.165, 1.54) is 43.3 Å². The van der Waals surface area contributed by atoms with Gasteiger partial charge in [-0.15, -0.1) is 0 Å². The molecule has 188 valence electrons. The van der Waals surface area contributed by atoms with Gasteiger partial charge in [0.15, 0.2) is 0 Å². The molecular weight excluding hydrogens is 499 g/mol. The molecule has 0 bridgehead atoms. The molecule has 0 saturated carbocycles. The van der Waals surface area contributed by atoms with Gasteiger partial charge >= 0.3 is 11.5 Å². The van der Waals surface area contributed by atoms with Crippen molar-refractivity contribution in [3.05, 3.63) is 84.2 Å². The average Bonchev–Trinajstić information content (AvgIpc) is 2.99. The number of anilines is 1. The van der Waals surface area contributed by atoms with Crippen LogP contribution in [-0.2, 0) is 14.6 Å². The fourth-order valence-corrected chi connectivity index (χ4v) is 4.87. The number of aromatic nitrogens is 1. The number of hydrogen-bond donors (Lipinski definition) is 1. The Morgan fingerprint density at radius 3 is 2.11 bits per heavy atom. The summed E-state index contributed by atoms with van der Waals surface area (Å²) in [5, 5.41) is 10.1.